The number of carbonyl (C=O) groups excluding carboxylic acids is 2. The molecule has 1 N–H and O–H groups in total. The van der Waals surface area contributed by atoms with E-state index in [4.69, 9.17) is 0 Å². The molecule has 1 atom stereocenters. The summed E-state index contributed by atoms with van der Waals surface area (Å²) in [5.74, 6) is 0.202. The third-order valence-electron chi connectivity index (χ3n) is 4.47. The van der Waals surface area contributed by atoms with Crippen molar-refractivity contribution in [1.29, 1.82) is 0 Å². The number of carbonyl (C=O) groups is 2. The van der Waals surface area contributed by atoms with Crippen LogP contribution in [0.15, 0.2) is 41.5 Å². The van der Waals surface area contributed by atoms with E-state index in [9.17, 15) is 14.0 Å². The van der Waals surface area contributed by atoms with Crippen molar-refractivity contribution in [2.24, 2.45) is 4.99 Å². The smallest absolute Gasteiger partial charge is 0.412 e. The number of hydrogen-bond donors (Lipinski definition) is 1. The van der Waals surface area contributed by atoms with Crippen molar-refractivity contribution in [1.82, 2.24) is 10.3 Å². The highest BCUT2D eigenvalue weighted by molar-refractivity contribution is 6.08. The van der Waals surface area contributed by atoms with Gasteiger partial charge in [-0.25, -0.2) is 9.18 Å². The summed E-state index contributed by atoms with van der Waals surface area (Å²) in [6.07, 6.45) is 1.60. The number of amidine groups is 1. The molecule has 0 spiro atoms. The minimum atomic E-state index is -0.587. The van der Waals surface area contributed by atoms with E-state index in [1.807, 2.05) is 13.0 Å². The zero-order valence-corrected chi connectivity index (χ0v) is 15.2. The van der Waals surface area contributed by atoms with Gasteiger partial charge in [0.05, 0.1) is 13.7 Å². The van der Waals surface area contributed by atoms with Crippen LogP contribution >= 0.6 is 0 Å². The first-order valence-electron chi connectivity index (χ1n) is 8.61. The predicted molar refractivity (Wildman–Crippen MR) is 98.2 cm³/mol. The van der Waals surface area contributed by atoms with E-state index < -0.39 is 6.09 Å². The molecule has 0 unspecified atom stereocenters. The van der Waals surface area contributed by atoms with Crippen LogP contribution in [0.2, 0.25) is 0 Å². The van der Waals surface area contributed by atoms with Crippen LogP contribution in [0.1, 0.15) is 41.6 Å². The number of Topliss-reactive ketones (excluding diaryl/α,β-unsaturated/α-hetero) is 1. The molecule has 0 bridgehead atoms. The highest BCUT2D eigenvalue weighted by Gasteiger charge is 2.20. The summed E-state index contributed by atoms with van der Waals surface area (Å²) in [5.41, 5.74) is 3.24. The van der Waals surface area contributed by atoms with Crippen LogP contribution in [0.5, 0.6) is 0 Å². The average Bonchev–Trinajstić information content (AvgIpc) is 3.04. The molecule has 1 amide bonds. The zero-order chi connectivity index (χ0) is 19.4. The van der Waals surface area contributed by atoms with Gasteiger partial charge in [0.1, 0.15) is 17.4 Å². The topological polar surface area (TPSA) is 80.6 Å². The highest BCUT2D eigenvalue weighted by atomic mass is 19.1. The molecule has 1 aromatic carbocycles. The van der Waals surface area contributed by atoms with Gasteiger partial charge in [0.2, 0.25) is 0 Å². The van der Waals surface area contributed by atoms with Crippen molar-refractivity contribution >= 4 is 17.7 Å². The summed E-state index contributed by atoms with van der Waals surface area (Å²) >= 11 is 0. The molecule has 1 aromatic heterocycles. The number of aliphatic imine (C=N–C) groups is 1. The van der Waals surface area contributed by atoms with Crippen LogP contribution in [0.4, 0.5) is 9.18 Å². The lowest BCUT2D eigenvalue weighted by molar-refractivity contribution is -0.118. The van der Waals surface area contributed by atoms with E-state index in [1.54, 1.807) is 18.3 Å². The number of methoxy groups -OCH3 is 1. The van der Waals surface area contributed by atoms with E-state index in [-0.39, 0.29) is 23.9 Å². The first kappa shape index (κ1) is 18.7. The second kappa shape index (κ2) is 8.07. The second-order valence-corrected chi connectivity index (χ2v) is 6.49. The maximum Gasteiger partial charge on any atom is 0.412 e. The average molecular weight is 369 g/mol. The Balaban J connectivity index is 1.61. The van der Waals surface area contributed by atoms with Gasteiger partial charge in [-0.3, -0.25) is 20.1 Å². The number of fused-ring (bicyclic) bond motifs is 1. The SMILES string of the molecule is COC(=O)NC1=NCc2cc(CC(=O)C[C@H](C)c3ccc(F)cc3)ncc21. The van der Waals surface area contributed by atoms with E-state index in [1.165, 1.54) is 19.2 Å². The molecule has 7 heteroatoms. The van der Waals surface area contributed by atoms with Gasteiger partial charge in [-0.1, -0.05) is 19.1 Å². The number of ketones is 1. The van der Waals surface area contributed by atoms with E-state index in [0.717, 1.165) is 16.7 Å². The normalized spacial score (nSPS) is 13.5. The maximum absolute atomic E-state index is 13.0. The van der Waals surface area contributed by atoms with Gasteiger partial charge in [-0.15, -0.1) is 0 Å². The van der Waals surface area contributed by atoms with Crippen molar-refractivity contribution in [2.75, 3.05) is 7.11 Å². The lowest BCUT2D eigenvalue weighted by Gasteiger charge is -2.11. The van der Waals surface area contributed by atoms with Gasteiger partial charge in [0.25, 0.3) is 0 Å². The Labute approximate surface area is 156 Å². The number of ether oxygens (including phenoxy) is 1. The molecule has 27 heavy (non-hydrogen) atoms. The molecule has 6 nitrogen and oxygen atoms in total. The molecule has 0 saturated heterocycles. The Hall–Kier alpha value is -3.09. The molecule has 140 valence electrons. The molecule has 0 fully saturated rings. The minimum Gasteiger partial charge on any atom is -0.453 e. The van der Waals surface area contributed by atoms with E-state index in [2.05, 4.69) is 20.0 Å². The first-order valence-corrected chi connectivity index (χ1v) is 8.61. The molecule has 0 saturated carbocycles. The number of benzene rings is 1. The Kier molecular flexibility index (Phi) is 5.59. The van der Waals surface area contributed by atoms with Gasteiger partial charge in [-0.05, 0) is 35.2 Å². The maximum atomic E-state index is 13.0. The van der Waals surface area contributed by atoms with Gasteiger partial charge in [0.15, 0.2) is 0 Å². The quantitative estimate of drug-likeness (QED) is 0.878. The lowest BCUT2D eigenvalue weighted by Crippen LogP contribution is -2.30. The van der Waals surface area contributed by atoms with E-state index in [0.29, 0.717) is 24.5 Å². The molecule has 1 aliphatic rings. The van der Waals surface area contributed by atoms with Crippen LogP contribution in [0, 0.1) is 5.82 Å². The Morgan fingerprint density at radius 1 is 1.30 bits per heavy atom. The van der Waals surface area contributed by atoms with Crippen molar-refractivity contribution in [3.05, 3.63) is 64.7 Å². The number of nitrogens with zero attached hydrogens (tertiary/aromatic N) is 2. The monoisotopic (exact) mass is 369 g/mol. The molecule has 0 radical (unpaired) electrons. The summed E-state index contributed by atoms with van der Waals surface area (Å²) in [4.78, 5) is 32.3. The van der Waals surface area contributed by atoms with Crippen LogP contribution in [-0.4, -0.2) is 29.8 Å². The molecule has 1 aliphatic heterocycles. The number of pyridine rings is 1. The number of aromatic nitrogens is 1. The standard InChI is InChI=1S/C20H20FN3O3/c1-12(13-3-5-15(21)6-4-13)7-17(25)9-16-8-14-10-23-19(18(14)11-22-16)24-20(26)27-2/h3-6,8,11-12H,7,9-10H2,1-2H3,(H,23,24,26)/t12-/m0/s1. The third-order valence-corrected chi connectivity index (χ3v) is 4.47. The fourth-order valence-corrected chi connectivity index (χ4v) is 3.02. The number of alkyl carbamates (subject to hydrolysis) is 1. The lowest BCUT2D eigenvalue weighted by atomic mass is 9.94. The van der Waals surface area contributed by atoms with Crippen molar-refractivity contribution in [2.45, 2.75) is 32.2 Å². The molecule has 3 rings (SSSR count). The van der Waals surface area contributed by atoms with Gasteiger partial charge in [0, 0.05) is 30.3 Å². The van der Waals surface area contributed by atoms with Gasteiger partial charge in [-0.2, -0.15) is 0 Å². The van der Waals surface area contributed by atoms with Crippen molar-refractivity contribution in [3.63, 3.8) is 0 Å². The third kappa shape index (κ3) is 4.55. The Morgan fingerprint density at radius 2 is 2.04 bits per heavy atom. The number of halogens is 1. The number of amides is 1. The first-order chi connectivity index (χ1) is 13.0. The molecule has 2 heterocycles. The summed E-state index contributed by atoms with van der Waals surface area (Å²) in [7, 11) is 1.28. The zero-order valence-electron chi connectivity index (χ0n) is 15.2. The number of rotatable bonds is 5. The molecule has 2 aromatic rings. The largest absolute Gasteiger partial charge is 0.453 e. The van der Waals surface area contributed by atoms with Crippen LogP contribution in [0.25, 0.3) is 0 Å². The molecule has 0 aliphatic carbocycles. The fourth-order valence-electron chi connectivity index (χ4n) is 3.02. The number of hydrogen-bond acceptors (Lipinski definition) is 5. The highest BCUT2D eigenvalue weighted by Crippen LogP contribution is 2.22. The van der Waals surface area contributed by atoms with E-state index >= 15 is 0 Å². The van der Waals surface area contributed by atoms with Gasteiger partial charge < -0.3 is 4.74 Å². The van der Waals surface area contributed by atoms with Gasteiger partial charge >= 0.3 is 6.09 Å². The van der Waals surface area contributed by atoms with Crippen molar-refractivity contribution < 1.29 is 18.7 Å². The Morgan fingerprint density at radius 3 is 2.74 bits per heavy atom. The Bertz CT molecular complexity index is 894. The summed E-state index contributed by atoms with van der Waals surface area (Å²) in [5, 5.41) is 2.55. The number of nitrogens with one attached hydrogen (secondary N) is 1. The second-order valence-electron chi connectivity index (χ2n) is 6.49. The predicted octanol–water partition coefficient (Wildman–Crippen LogP) is 3.14. The summed E-state index contributed by atoms with van der Waals surface area (Å²) < 4.78 is 17.6. The minimum absolute atomic E-state index is 0.00622. The summed E-state index contributed by atoms with van der Waals surface area (Å²) in [6, 6.07) is 8.05. The summed E-state index contributed by atoms with van der Waals surface area (Å²) in [6.45, 7) is 2.37. The van der Waals surface area contributed by atoms with Crippen LogP contribution < -0.4 is 5.32 Å². The fraction of sp³-hybridized carbons (Fsp3) is 0.300. The van der Waals surface area contributed by atoms with Crippen LogP contribution in [0.3, 0.4) is 0 Å². The molecular weight excluding hydrogens is 349 g/mol. The van der Waals surface area contributed by atoms with Crippen LogP contribution in [-0.2, 0) is 22.5 Å². The molecular formula is C20H20FN3O3. The van der Waals surface area contributed by atoms with Crippen molar-refractivity contribution in [3.8, 4) is 0 Å².